The lowest BCUT2D eigenvalue weighted by Crippen LogP contribution is -2.15. The van der Waals surface area contributed by atoms with Crippen LogP contribution in [0.4, 0.5) is 5.13 Å². The number of methoxy groups -OCH3 is 1. The average molecular weight is 386 g/mol. The largest absolute Gasteiger partial charge is 0.495 e. The number of hydrogen-bond acceptors (Lipinski definition) is 7. The Bertz CT molecular complexity index is 834. The fraction of sp³-hybridized carbons (Fsp3) is 0.467. The highest BCUT2D eigenvalue weighted by Crippen LogP contribution is 2.34. The van der Waals surface area contributed by atoms with Crippen LogP contribution in [0.15, 0.2) is 21.4 Å². The molecule has 1 heterocycles. The van der Waals surface area contributed by atoms with E-state index in [1.54, 1.807) is 6.07 Å². The maximum absolute atomic E-state index is 12.8. The number of nitrogens with one attached hydrogen (secondary N) is 1. The molecule has 0 spiro atoms. The van der Waals surface area contributed by atoms with Crippen LogP contribution in [-0.2, 0) is 22.9 Å². The van der Waals surface area contributed by atoms with Gasteiger partial charge in [-0.2, -0.15) is 0 Å². The van der Waals surface area contributed by atoms with Gasteiger partial charge in [-0.3, -0.25) is 4.72 Å². The Morgan fingerprint density at radius 3 is 2.62 bits per heavy atom. The number of fused-ring (bicyclic) bond motifs is 1. The highest BCUT2D eigenvalue weighted by molar-refractivity contribution is 8.01. The zero-order valence-electron chi connectivity index (χ0n) is 13.5. The number of rotatable bonds is 6. The van der Waals surface area contributed by atoms with Crippen molar-refractivity contribution in [2.75, 3.05) is 17.6 Å². The summed E-state index contributed by atoms with van der Waals surface area (Å²) in [6, 6.07) is 3.58. The molecule has 2 aromatic rings. The van der Waals surface area contributed by atoms with Crippen molar-refractivity contribution in [3.63, 3.8) is 0 Å². The first-order valence-corrected chi connectivity index (χ1v) is 11.0. The van der Waals surface area contributed by atoms with Crippen LogP contribution < -0.4 is 9.46 Å². The maximum Gasteiger partial charge on any atom is 0.267 e. The third-order valence-electron chi connectivity index (χ3n) is 3.81. The van der Waals surface area contributed by atoms with Gasteiger partial charge in [0.05, 0.1) is 7.11 Å². The third-order valence-corrected chi connectivity index (χ3v) is 7.16. The van der Waals surface area contributed by atoms with E-state index in [9.17, 15) is 8.42 Å². The molecule has 1 aromatic heterocycles. The monoisotopic (exact) mass is 385 g/mol. The molecule has 1 aliphatic rings. The van der Waals surface area contributed by atoms with Crippen molar-refractivity contribution >= 4 is 38.3 Å². The van der Waals surface area contributed by atoms with Gasteiger partial charge in [0.25, 0.3) is 10.0 Å². The van der Waals surface area contributed by atoms with Gasteiger partial charge in [0.1, 0.15) is 10.6 Å². The molecule has 24 heavy (non-hydrogen) atoms. The van der Waals surface area contributed by atoms with Crippen molar-refractivity contribution in [1.29, 1.82) is 0 Å². The van der Waals surface area contributed by atoms with Crippen molar-refractivity contribution in [3.05, 3.63) is 23.3 Å². The molecule has 1 N–H and O–H groups in total. The predicted octanol–water partition coefficient (Wildman–Crippen LogP) is 3.34. The van der Waals surface area contributed by atoms with Gasteiger partial charge in [-0.15, -0.1) is 10.2 Å². The number of ether oxygens (including phenoxy) is 1. The van der Waals surface area contributed by atoms with E-state index in [1.165, 1.54) is 35.8 Å². The molecule has 0 amide bonds. The minimum Gasteiger partial charge on any atom is -0.495 e. The molecule has 3 rings (SSSR count). The van der Waals surface area contributed by atoms with Crippen molar-refractivity contribution in [2.24, 2.45) is 0 Å². The van der Waals surface area contributed by atoms with E-state index in [2.05, 4.69) is 14.9 Å². The minimum atomic E-state index is -3.77. The lowest BCUT2D eigenvalue weighted by Gasteiger charge is -2.19. The molecule has 9 heteroatoms. The van der Waals surface area contributed by atoms with Crippen molar-refractivity contribution < 1.29 is 13.2 Å². The number of aromatic nitrogens is 2. The van der Waals surface area contributed by atoms with Gasteiger partial charge in [-0.05, 0) is 54.7 Å². The second-order valence-corrected chi connectivity index (χ2v) is 9.53. The number of benzene rings is 1. The highest BCUT2D eigenvalue weighted by atomic mass is 32.2. The predicted molar refractivity (Wildman–Crippen MR) is 96.8 cm³/mol. The van der Waals surface area contributed by atoms with Crippen LogP contribution in [0.3, 0.4) is 0 Å². The van der Waals surface area contributed by atoms with Crippen molar-refractivity contribution in [3.8, 4) is 5.75 Å². The van der Waals surface area contributed by atoms with E-state index in [1.807, 2.05) is 13.0 Å². The summed E-state index contributed by atoms with van der Waals surface area (Å²) < 4.78 is 34.1. The lowest BCUT2D eigenvalue weighted by molar-refractivity contribution is 0.401. The van der Waals surface area contributed by atoms with Crippen molar-refractivity contribution in [2.45, 2.75) is 41.8 Å². The average Bonchev–Trinajstić information content (AvgIpc) is 3.00. The van der Waals surface area contributed by atoms with E-state index >= 15 is 0 Å². The molecule has 130 valence electrons. The van der Waals surface area contributed by atoms with Crippen LogP contribution in [0.2, 0.25) is 0 Å². The van der Waals surface area contributed by atoms with Crippen LogP contribution in [0.5, 0.6) is 5.75 Å². The first-order valence-electron chi connectivity index (χ1n) is 7.72. The maximum atomic E-state index is 12.8. The Kier molecular flexibility index (Phi) is 5.31. The smallest absolute Gasteiger partial charge is 0.267 e. The molecule has 0 aliphatic heterocycles. The first-order chi connectivity index (χ1) is 11.5. The second-order valence-electron chi connectivity index (χ2n) is 5.39. The number of sulfonamides is 1. The summed E-state index contributed by atoms with van der Waals surface area (Å²) in [6.07, 6.45) is 4.08. The zero-order valence-corrected chi connectivity index (χ0v) is 16.0. The van der Waals surface area contributed by atoms with Crippen LogP contribution in [-0.4, -0.2) is 31.5 Å². The zero-order chi connectivity index (χ0) is 17.2. The summed E-state index contributed by atoms with van der Waals surface area (Å²) in [5.74, 6) is 1.23. The number of anilines is 1. The molecule has 0 saturated carbocycles. The molecule has 1 aliphatic carbocycles. The molecule has 0 atom stereocenters. The van der Waals surface area contributed by atoms with Gasteiger partial charge in [0.2, 0.25) is 5.13 Å². The van der Waals surface area contributed by atoms with Gasteiger partial charge in [0.15, 0.2) is 4.34 Å². The summed E-state index contributed by atoms with van der Waals surface area (Å²) in [6.45, 7) is 2.01. The Morgan fingerprint density at radius 2 is 1.96 bits per heavy atom. The molecule has 0 bridgehead atoms. The number of hydrogen-bond donors (Lipinski definition) is 1. The molecule has 0 unspecified atom stereocenters. The van der Waals surface area contributed by atoms with Crippen LogP contribution >= 0.6 is 23.1 Å². The van der Waals surface area contributed by atoms with Gasteiger partial charge in [-0.1, -0.05) is 30.0 Å². The fourth-order valence-electron chi connectivity index (χ4n) is 2.71. The van der Waals surface area contributed by atoms with Gasteiger partial charge >= 0.3 is 0 Å². The SMILES string of the molecule is CCSc1nnc(NS(=O)(=O)c2cc3c(cc2OC)CCCC3)s1. The summed E-state index contributed by atoms with van der Waals surface area (Å²) in [5.41, 5.74) is 2.26. The van der Waals surface area contributed by atoms with E-state index < -0.39 is 10.0 Å². The standard InChI is InChI=1S/C15H19N3O3S3/c1-3-22-15-17-16-14(23-15)18-24(19,20)13-9-11-7-5-4-6-10(11)8-12(13)21-2/h8-9H,3-7H2,1-2H3,(H,16,18). The van der Waals surface area contributed by atoms with Crippen LogP contribution in [0.1, 0.15) is 30.9 Å². The number of thioether (sulfide) groups is 1. The molecule has 6 nitrogen and oxygen atoms in total. The van der Waals surface area contributed by atoms with Gasteiger partial charge in [0, 0.05) is 0 Å². The van der Waals surface area contributed by atoms with E-state index in [-0.39, 0.29) is 10.0 Å². The molecule has 0 saturated heterocycles. The summed E-state index contributed by atoms with van der Waals surface area (Å²) in [5, 5.41) is 8.14. The summed E-state index contributed by atoms with van der Waals surface area (Å²) >= 11 is 2.76. The molecule has 0 fully saturated rings. The first kappa shape index (κ1) is 17.5. The summed E-state index contributed by atoms with van der Waals surface area (Å²) in [7, 11) is -2.28. The summed E-state index contributed by atoms with van der Waals surface area (Å²) in [4.78, 5) is 0.158. The molecule has 1 aromatic carbocycles. The molecular weight excluding hydrogens is 366 g/mol. The quantitative estimate of drug-likeness (QED) is 0.768. The van der Waals surface area contributed by atoms with E-state index in [4.69, 9.17) is 4.74 Å². The Labute approximate surface area is 150 Å². The van der Waals surface area contributed by atoms with E-state index in [0.29, 0.717) is 5.75 Å². The molecular formula is C15H19N3O3S3. The second kappa shape index (κ2) is 7.28. The third kappa shape index (κ3) is 3.68. The van der Waals surface area contributed by atoms with E-state index in [0.717, 1.165) is 41.3 Å². The van der Waals surface area contributed by atoms with Crippen LogP contribution in [0.25, 0.3) is 0 Å². The van der Waals surface area contributed by atoms with Crippen molar-refractivity contribution in [1.82, 2.24) is 10.2 Å². The van der Waals surface area contributed by atoms with Gasteiger partial charge < -0.3 is 4.74 Å². The minimum absolute atomic E-state index is 0.158. The van der Waals surface area contributed by atoms with Gasteiger partial charge in [-0.25, -0.2) is 8.42 Å². The lowest BCUT2D eigenvalue weighted by atomic mass is 9.92. The molecule has 0 radical (unpaired) electrons. The van der Waals surface area contributed by atoms with Crippen LogP contribution in [0, 0.1) is 0 Å². The Hall–Kier alpha value is -1.32. The number of aryl methyl sites for hydroxylation is 2. The number of nitrogens with zero attached hydrogens (tertiary/aromatic N) is 2. The Morgan fingerprint density at radius 1 is 1.25 bits per heavy atom. The highest BCUT2D eigenvalue weighted by Gasteiger charge is 2.24. The normalized spacial score (nSPS) is 14.2. The fourth-order valence-corrected chi connectivity index (χ4v) is 5.79. The Balaban J connectivity index is 1.93. The topological polar surface area (TPSA) is 81.2 Å².